The second-order valence-corrected chi connectivity index (χ2v) is 6.13. The second kappa shape index (κ2) is 12.9. The minimum Gasteiger partial charge on any atom is -0.469 e. The Morgan fingerprint density at radius 1 is 1.00 bits per heavy atom. The van der Waals surface area contributed by atoms with E-state index in [9.17, 15) is 4.79 Å². The SMILES string of the molecule is CCCCCCCCc1ccc(C=CCCCC(=O)OC)cc1. The van der Waals surface area contributed by atoms with Crippen molar-refractivity contribution in [3.05, 3.63) is 41.5 Å². The van der Waals surface area contributed by atoms with Crippen LogP contribution in [-0.4, -0.2) is 13.1 Å². The highest BCUT2D eigenvalue weighted by Gasteiger charge is 1.97. The van der Waals surface area contributed by atoms with Crippen molar-refractivity contribution in [3.63, 3.8) is 0 Å². The average molecular weight is 316 g/mol. The van der Waals surface area contributed by atoms with Gasteiger partial charge in [-0.25, -0.2) is 0 Å². The van der Waals surface area contributed by atoms with E-state index in [1.165, 1.54) is 63.2 Å². The molecule has 2 heteroatoms. The van der Waals surface area contributed by atoms with Gasteiger partial charge in [0, 0.05) is 6.42 Å². The van der Waals surface area contributed by atoms with E-state index in [2.05, 4.69) is 48.1 Å². The summed E-state index contributed by atoms with van der Waals surface area (Å²) in [6.45, 7) is 2.26. The highest BCUT2D eigenvalue weighted by atomic mass is 16.5. The predicted octanol–water partition coefficient (Wildman–Crippen LogP) is 5.95. The van der Waals surface area contributed by atoms with Crippen molar-refractivity contribution in [2.24, 2.45) is 0 Å². The van der Waals surface area contributed by atoms with Crippen molar-refractivity contribution in [2.45, 2.75) is 71.1 Å². The molecule has 0 amide bonds. The van der Waals surface area contributed by atoms with E-state index in [1.807, 2.05) is 0 Å². The Balaban J connectivity index is 2.18. The van der Waals surface area contributed by atoms with Crippen molar-refractivity contribution in [1.29, 1.82) is 0 Å². The van der Waals surface area contributed by atoms with Crippen LogP contribution < -0.4 is 0 Å². The molecule has 1 aromatic carbocycles. The molecule has 0 atom stereocenters. The first kappa shape index (κ1) is 19.5. The van der Waals surface area contributed by atoms with Gasteiger partial charge in [-0.05, 0) is 36.8 Å². The topological polar surface area (TPSA) is 26.3 Å². The lowest BCUT2D eigenvalue weighted by Crippen LogP contribution is -1.98. The normalized spacial score (nSPS) is 11.0. The van der Waals surface area contributed by atoms with E-state index in [-0.39, 0.29) is 5.97 Å². The van der Waals surface area contributed by atoms with Crippen LogP contribution in [0.1, 0.15) is 75.8 Å². The molecule has 0 saturated carbocycles. The van der Waals surface area contributed by atoms with Gasteiger partial charge < -0.3 is 4.74 Å². The number of aryl methyl sites for hydroxylation is 1. The maximum Gasteiger partial charge on any atom is 0.305 e. The number of hydrogen-bond acceptors (Lipinski definition) is 2. The van der Waals surface area contributed by atoms with Crippen LogP contribution in [0, 0.1) is 0 Å². The summed E-state index contributed by atoms with van der Waals surface area (Å²) < 4.78 is 4.62. The van der Waals surface area contributed by atoms with E-state index >= 15 is 0 Å². The Kier molecular flexibility index (Phi) is 10.9. The lowest BCUT2D eigenvalue weighted by molar-refractivity contribution is -0.140. The molecule has 128 valence electrons. The first-order valence-electron chi connectivity index (χ1n) is 9.08. The van der Waals surface area contributed by atoms with Crippen molar-refractivity contribution < 1.29 is 9.53 Å². The van der Waals surface area contributed by atoms with Crippen molar-refractivity contribution >= 4 is 12.0 Å². The van der Waals surface area contributed by atoms with Gasteiger partial charge in [-0.2, -0.15) is 0 Å². The maximum absolute atomic E-state index is 11.0. The lowest BCUT2D eigenvalue weighted by atomic mass is 10.0. The number of carbonyl (C=O) groups excluding carboxylic acids is 1. The predicted molar refractivity (Wildman–Crippen MR) is 98.4 cm³/mol. The highest BCUT2D eigenvalue weighted by Crippen LogP contribution is 2.12. The molecule has 0 aliphatic carbocycles. The van der Waals surface area contributed by atoms with E-state index in [4.69, 9.17) is 0 Å². The summed E-state index contributed by atoms with van der Waals surface area (Å²) >= 11 is 0. The lowest BCUT2D eigenvalue weighted by Gasteiger charge is -2.03. The fourth-order valence-electron chi connectivity index (χ4n) is 2.59. The van der Waals surface area contributed by atoms with Gasteiger partial charge in [0.05, 0.1) is 7.11 Å². The molecule has 0 fully saturated rings. The molecule has 23 heavy (non-hydrogen) atoms. The number of benzene rings is 1. The number of allylic oxidation sites excluding steroid dienone is 1. The summed E-state index contributed by atoms with van der Waals surface area (Å²) in [5.74, 6) is -0.127. The van der Waals surface area contributed by atoms with E-state index in [1.54, 1.807) is 0 Å². The molecule has 0 aliphatic heterocycles. The summed E-state index contributed by atoms with van der Waals surface area (Å²) in [4.78, 5) is 11.0. The number of carbonyl (C=O) groups is 1. The molecular formula is C21H32O2. The van der Waals surface area contributed by atoms with Crippen LogP contribution in [-0.2, 0) is 16.0 Å². The summed E-state index contributed by atoms with van der Waals surface area (Å²) in [5, 5.41) is 0. The number of rotatable bonds is 12. The van der Waals surface area contributed by atoms with Crippen LogP contribution in [0.5, 0.6) is 0 Å². The Labute approximate surface area is 141 Å². The Morgan fingerprint density at radius 2 is 1.70 bits per heavy atom. The molecule has 0 radical (unpaired) electrons. The van der Waals surface area contributed by atoms with Gasteiger partial charge >= 0.3 is 5.97 Å². The van der Waals surface area contributed by atoms with Crippen molar-refractivity contribution in [2.75, 3.05) is 7.11 Å². The van der Waals surface area contributed by atoms with Gasteiger partial charge in [-0.15, -0.1) is 0 Å². The van der Waals surface area contributed by atoms with Gasteiger partial charge in [-0.1, -0.05) is 75.4 Å². The number of esters is 1. The second-order valence-electron chi connectivity index (χ2n) is 6.13. The van der Waals surface area contributed by atoms with E-state index < -0.39 is 0 Å². The quantitative estimate of drug-likeness (QED) is 0.352. The smallest absolute Gasteiger partial charge is 0.305 e. The molecule has 0 saturated heterocycles. The van der Waals surface area contributed by atoms with Gasteiger partial charge in [0.1, 0.15) is 0 Å². The molecule has 0 aliphatic rings. The van der Waals surface area contributed by atoms with Crippen LogP contribution in [0.4, 0.5) is 0 Å². The average Bonchev–Trinajstić information content (AvgIpc) is 2.58. The zero-order valence-corrected chi connectivity index (χ0v) is 14.9. The van der Waals surface area contributed by atoms with E-state index in [0.29, 0.717) is 6.42 Å². The van der Waals surface area contributed by atoms with Crippen LogP contribution in [0.3, 0.4) is 0 Å². The minimum absolute atomic E-state index is 0.127. The van der Waals surface area contributed by atoms with Crippen LogP contribution in [0.15, 0.2) is 30.3 Å². The Bertz CT molecular complexity index is 445. The molecule has 1 aromatic rings. The number of methoxy groups -OCH3 is 1. The zero-order valence-electron chi connectivity index (χ0n) is 14.9. The van der Waals surface area contributed by atoms with Crippen LogP contribution in [0.2, 0.25) is 0 Å². The molecular weight excluding hydrogens is 284 g/mol. The zero-order chi connectivity index (χ0) is 16.8. The maximum atomic E-state index is 11.0. The summed E-state index contributed by atoms with van der Waals surface area (Å²) in [6.07, 6.45) is 15.8. The van der Waals surface area contributed by atoms with E-state index in [0.717, 1.165) is 12.8 Å². The Morgan fingerprint density at radius 3 is 2.39 bits per heavy atom. The largest absolute Gasteiger partial charge is 0.469 e. The monoisotopic (exact) mass is 316 g/mol. The molecule has 0 spiro atoms. The standard InChI is InChI=1S/C21H32O2/c1-3-4-5-6-7-9-12-19-15-17-20(18-16-19)13-10-8-11-14-21(22)23-2/h10,13,15-18H,3-9,11-12,14H2,1-2H3. The summed E-state index contributed by atoms with van der Waals surface area (Å²) in [7, 11) is 1.44. The molecule has 0 N–H and O–H groups in total. The van der Waals surface area contributed by atoms with Crippen molar-refractivity contribution in [3.8, 4) is 0 Å². The van der Waals surface area contributed by atoms with Crippen molar-refractivity contribution in [1.82, 2.24) is 0 Å². The minimum atomic E-state index is -0.127. The van der Waals surface area contributed by atoms with Crippen LogP contribution >= 0.6 is 0 Å². The van der Waals surface area contributed by atoms with Gasteiger partial charge in [0.2, 0.25) is 0 Å². The Hall–Kier alpha value is -1.57. The molecule has 2 nitrogen and oxygen atoms in total. The number of hydrogen-bond donors (Lipinski definition) is 0. The third-order valence-electron chi connectivity index (χ3n) is 4.09. The first-order valence-corrected chi connectivity index (χ1v) is 9.08. The van der Waals surface area contributed by atoms with Gasteiger partial charge in [0.15, 0.2) is 0 Å². The fraction of sp³-hybridized carbons (Fsp3) is 0.571. The number of unbranched alkanes of at least 4 members (excludes halogenated alkanes) is 6. The first-order chi connectivity index (χ1) is 11.3. The summed E-state index contributed by atoms with van der Waals surface area (Å²) in [5.41, 5.74) is 2.66. The third-order valence-corrected chi connectivity index (χ3v) is 4.09. The number of ether oxygens (including phenoxy) is 1. The van der Waals surface area contributed by atoms with Gasteiger partial charge in [0.25, 0.3) is 0 Å². The fourth-order valence-corrected chi connectivity index (χ4v) is 2.59. The molecule has 0 bridgehead atoms. The third kappa shape index (κ3) is 9.93. The molecule has 0 aromatic heterocycles. The van der Waals surface area contributed by atoms with Crippen LogP contribution in [0.25, 0.3) is 6.08 Å². The van der Waals surface area contributed by atoms with Gasteiger partial charge in [-0.3, -0.25) is 4.79 Å². The molecule has 0 heterocycles. The summed E-state index contributed by atoms with van der Waals surface area (Å²) in [6, 6.07) is 8.84. The molecule has 0 unspecified atom stereocenters. The highest BCUT2D eigenvalue weighted by molar-refractivity contribution is 5.69. The molecule has 1 rings (SSSR count).